The van der Waals surface area contributed by atoms with Crippen molar-refractivity contribution >= 4 is 17.8 Å². The van der Waals surface area contributed by atoms with Crippen LogP contribution in [-0.2, 0) is 11.2 Å². The van der Waals surface area contributed by atoms with Crippen LogP contribution in [0.15, 0.2) is 23.4 Å². The number of rotatable bonds is 2. The van der Waals surface area contributed by atoms with E-state index in [2.05, 4.69) is 10.5 Å². The van der Waals surface area contributed by atoms with E-state index in [1.54, 1.807) is 6.07 Å². The van der Waals surface area contributed by atoms with Gasteiger partial charge in [0.05, 0.1) is 12.3 Å². The Hall–Kier alpha value is -2.04. The Labute approximate surface area is 86.4 Å². The fraction of sp³-hybridized carbons (Fsp3) is 0.200. The summed E-state index contributed by atoms with van der Waals surface area (Å²) in [5.41, 5.74) is 1.68. The second kappa shape index (κ2) is 4.00. The number of carbonyl (C=O) groups is 1. The summed E-state index contributed by atoms with van der Waals surface area (Å²) in [6, 6.07) is 5.55. The fourth-order valence-electron chi connectivity index (χ4n) is 1.53. The zero-order chi connectivity index (χ0) is 10.7. The average Bonchev–Trinajstić information content (AvgIpc) is 2.67. The Kier molecular flexibility index (Phi) is 2.53. The minimum atomic E-state index is -0.485. The Morgan fingerprint density at radius 3 is 3.27 bits per heavy atom. The number of oxime groups is 1. The van der Waals surface area contributed by atoms with E-state index in [1.165, 1.54) is 0 Å². The summed E-state index contributed by atoms with van der Waals surface area (Å²) in [5, 5.41) is 13.4. The standard InChI is InChI=1S/C10H10N2O3/c13-9(6-11-14)12-8-3-1-2-7-4-5-15-10(7)8/h1-3,6,14H,4-5H2,(H,12,13)/b11-6+. The van der Waals surface area contributed by atoms with Crippen LogP contribution in [0.3, 0.4) is 0 Å². The van der Waals surface area contributed by atoms with E-state index in [-0.39, 0.29) is 0 Å². The second-order valence-corrected chi connectivity index (χ2v) is 3.13. The van der Waals surface area contributed by atoms with E-state index in [0.717, 1.165) is 18.2 Å². The molecule has 1 aliphatic rings. The van der Waals surface area contributed by atoms with Crippen LogP contribution in [0, 0.1) is 0 Å². The molecule has 1 aromatic rings. The van der Waals surface area contributed by atoms with Gasteiger partial charge in [0.1, 0.15) is 12.0 Å². The molecule has 0 aliphatic carbocycles. The van der Waals surface area contributed by atoms with E-state index in [1.807, 2.05) is 12.1 Å². The highest BCUT2D eigenvalue weighted by molar-refractivity contribution is 6.31. The summed E-state index contributed by atoms with van der Waals surface area (Å²) < 4.78 is 5.39. The largest absolute Gasteiger partial charge is 0.491 e. The van der Waals surface area contributed by atoms with Crippen molar-refractivity contribution in [3.8, 4) is 5.75 Å². The zero-order valence-corrected chi connectivity index (χ0v) is 7.93. The van der Waals surface area contributed by atoms with Gasteiger partial charge in [0.2, 0.25) is 0 Å². The molecule has 0 radical (unpaired) electrons. The van der Waals surface area contributed by atoms with Crippen LogP contribution in [0.1, 0.15) is 5.56 Å². The smallest absolute Gasteiger partial charge is 0.270 e. The predicted octanol–water partition coefficient (Wildman–Crippen LogP) is 1.02. The van der Waals surface area contributed by atoms with E-state index >= 15 is 0 Å². The summed E-state index contributed by atoms with van der Waals surface area (Å²) in [6.45, 7) is 0.635. The van der Waals surface area contributed by atoms with E-state index in [9.17, 15) is 4.79 Å². The van der Waals surface area contributed by atoms with Gasteiger partial charge in [-0.2, -0.15) is 0 Å². The summed E-state index contributed by atoms with van der Waals surface area (Å²) in [6.07, 6.45) is 1.65. The van der Waals surface area contributed by atoms with Crippen molar-refractivity contribution < 1.29 is 14.7 Å². The monoisotopic (exact) mass is 206 g/mol. The number of carbonyl (C=O) groups excluding carboxylic acids is 1. The van der Waals surface area contributed by atoms with Gasteiger partial charge in [-0.3, -0.25) is 4.79 Å². The molecule has 2 rings (SSSR count). The maximum atomic E-state index is 11.1. The van der Waals surface area contributed by atoms with E-state index in [4.69, 9.17) is 9.94 Å². The van der Waals surface area contributed by atoms with Gasteiger partial charge < -0.3 is 15.3 Å². The highest BCUT2D eigenvalue weighted by Crippen LogP contribution is 2.33. The van der Waals surface area contributed by atoms with Gasteiger partial charge in [-0.15, -0.1) is 0 Å². The van der Waals surface area contributed by atoms with Gasteiger partial charge in [0.15, 0.2) is 0 Å². The predicted molar refractivity (Wildman–Crippen MR) is 54.5 cm³/mol. The topological polar surface area (TPSA) is 70.9 Å². The summed E-state index contributed by atoms with van der Waals surface area (Å²) in [4.78, 5) is 11.1. The first-order valence-electron chi connectivity index (χ1n) is 4.54. The molecule has 0 atom stereocenters. The third-order valence-electron chi connectivity index (χ3n) is 2.15. The van der Waals surface area contributed by atoms with Crippen molar-refractivity contribution in [3.63, 3.8) is 0 Å². The van der Waals surface area contributed by atoms with Crippen LogP contribution in [0.2, 0.25) is 0 Å². The maximum Gasteiger partial charge on any atom is 0.270 e. The molecule has 0 spiro atoms. The highest BCUT2D eigenvalue weighted by atomic mass is 16.5. The van der Waals surface area contributed by atoms with Crippen molar-refractivity contribution in [1.82, 2.24) is 0 Å². The van der Waals surface area contributed by atoms with Crippen molar-refractivity contribution in [3.05, 3.63) is 23.8 Å². The van der Waals surface area contributed by atoms with Gasteiger partial charge in [0, 0.05) is 6.42 Å². The van der Waals surface area contributed by atoms with Gasteiger partial charge in [-0.05, 0) is 11.6 Å². The average molecular weight is 206 g/mol. The molecule has 0 aromatic heterocycles. The Balaban J connectivity index is 2.22. The molecule has 5 nitrogen and oxygen atoms in total. The maximum absolute atomic E-state index is 11.1. The lowest BCUT2D eigenvalue weighted by atomic mass is 10.1. The first-order chi connectivity index (χ1) is 7.31. The lowest BCUT2D eigenvalue weighted by Gasteiger charge is -2.07. The quantitative estimate of drug-likeness (QED) is 0.431. The molecular weight excluding hydrogens is 196 g/mol. The lowest BCUT2D eigenvalue weighted by Crippen LogP contribution is -2.13. The zero-order valence-electron chi connectivity index (χ0n) is 7.93. The molecule has 0 saturated heterocycles. The number of fused-ring (bicyclic) bond motifs is 1. The van der Waals surface area contributed by atoms with Crippen LogP contribution < -0.4 is 10.1 Å². The lowest BCUT2D eigenvalue weighted by molar-refractivity contribution is -0.110. The summed E-state index contributed by atoms with van der Waals surface area (Å²) in [5.74, 6) is 0.221. The van der Waals surface area contributed by atoms with E-state index in [0.29, 0.717) is 18.0 Å². The molecule has 2 N–H and O–H groups in total. The van der Waals surface area contributed by atoms with Gasteiger partial charge in [-0.1, -0.05) is 17.3 Å². The van der Waals surface area contributed by atoms with Crippen LogP contribution in [0.25, 0.3) is 0 Å². The molecule has 1 aliphatic heterocycles. The Bertz CT molecular complexity index is 415. The number of amides is 1. The van der Waals surface area contributed by atoms with Gasteiger partial charge in [0.25, 0.3) is 5.91 Å². The molecule has 1 aromatic carbocycles. The summed E-state index contributed by atoms with van der Waals surface area (Å²) >= 11 is 0. The number of ether oxygens (including phenoxy) is 1. The minimum Gasteiger partial charge on any atom is -0.491 e. The van der Waals surface area contributed by atoms with Crippen LogP contribution in [0.4, 0.5) is 5.69 Å². The number of nitrogens with one attached hydrogen (secondary N) is 1. The molecular formula is C10H10N2O3. The molecule has 1 heterocycles. The first kappa shape index (κ1) is 9.51. The molecule has 0 bridgehead atoms. The van der Waals surface area contributed by atoms with Gasteiger partial charge in [-0.25, -0.2) is 0 Å². The number of nitrogens with zero attached hydrogens (tertiary/aromatic N) is 1. The normalized spacial score (nSPS) is 13.6. The SMILES string of the molecule is O=C(/C=N/O)Nc1cccc2c1OCC2. The third-order valence-corrected chi connectivity index (χ3v) is 2.15. The molecule has 5 heteroatoms. The molecule has 0 fully saturated rings. The molecule has 0 unspecified atom stereocenters. The van der Waals surface area contributed by atoms with Crippen molar-refractivity contribution in [1.29, 1.82) is 0 Å². The Morgan fingerprint density at radius 1 is 1.60 bits per heavy atom. The number of anilines is 1. The number of hydrogen-bond donors (Lipinski definition) is 2. The number of benzene rings is 1. The van der Waals surface area contributed by atoms with Crippen LogP contribution in [0.5, 0.6) is 5.75 Å². The fourth-order valence-corrected chi connectivity index (χ4v) is 1.53. The Morgan fingerprint density at radius 2 is 2.47 bits per heavy atom. The molecule has 78 valence electrons. The van der Waals surface area contributed by atoms with Gasteiger partial charge >= 0.3 is 0 Å². The van der Waals surface area contributed by atoms with Crippen molar-refractivity contribution in [2.75, 3.05) is 11.9 Å². The first-order valence-corrected chi connectivity index (χ1v) is 4.54. The molecule has 1 amide bonds. The molecule has 0 saturated carbocycles. The van der Waals surface area contributed by atoms with Crippen LogP contribution >= 0.6 is 0 Å². The third kappa shape index (κ3) is 1.90. The highest BCUT2D eigenvalue weighted by Gasteiger charge is 2.16. The van der Waals surface area contributed by atoms with Crippen molar-refractivity contribution in [2.24, 2.45) is 5.16 Å². The number of para-hydroxylation sites is 1. The van der Waals surface area contributed by atoms with Crippen molar-refractivity contribution in [2.45, 2.75) is 6.42 Å². The summed E-state index contributed by atoms with van der Waals surface area (Å²) in [7, 11) is 0. The van der Waals surface area contributed by atoms with E-state index < -0.39 is 5.91 Å². The van der Waals surface area contributed by atoms with Crippen LogP contribution in [-0.4, -0.2) is 23.9 Å². The second-order valence-electron chi connectivity index (χ2n) is 3.13. The number of hydrogen-bond acceptors (Lipinski definition) is 4. The minimum absolute atomic E-state index is 0.485. The molecule has 15 heavy (non-hydrogen) atoms.